The molecule has 1 unspecified atom stereocenters. The van der Waals surface area contributed by atoms with Gasteiger partial charge < -0.3 is 15.2 Å². The smallest absolute Gasteiger partial charge is 0.169 e. The summed E-state index contributed by atoms with van der Waals surface area (Å²) in [5.41, 5.74) is 0.607. The first kappa shape index (κ1) is 15.2. The van der Waals surface area contributed by atoms with Gasteiger partial charge in [-0.2, -0.15) is 0 Å². The fraction of sp³-hybridized carbons (Fsp3) is 0.600. The lowest BCUT2D eigenvalue weighted by molar-refractivity contribution is 0.177. The highest BCUT2D eigenvalue weighted by Crippen LogP contribution is 2.21. The van der Waals surface area contributed by atoms with E-state index < -0.39 is 0 Å². The summed E-state index contributed by atoms with van der Waals surface area (Å²) in [6.45, 7) is 3.00. The summed E-state index contributed by atoms with van der Waals surface area (Å²) in [6, 6.07) is 5.62. The lowest BCUT2D eigenvalue weighted by Crippen LogP contribution is -2.38. The fourth-order valence-electron chi connectivity index (χ4n) is 2.68. The number of ether oxygens (including phenoxy) is 1. The van der Waals surface area contributed by atoms with E-state index in [9.17, 15) is 9.50 Å². The lowest BCUT2D eigenvalue weighted by Gasteiger charge is -2.25. The Kier molecular flexibility index (Phi) is 5.76. The van der Waals surface area contributed by atoms with E-state index >= 15 is 0 Å². The predicted molar refractivity (Wildman–Crippen MR) is 76.3 cm³/mol. The number of benzene rings is 1. The van der Waals surface area contributed by atoms with Gasteiger partial charge in [-0.05, 0) is 25.5 Å². The minimum absolute atomic E-state index is 0.0817. The third-order valence-corrected chi connectivity index (χ3v) is 3.71. The Morgan fingerprint density at radius 1 is 1.50 bits per heavy atom. The van der Waals surface area contributed by atoms with Crippen molar-refractivity contribution in [2.24, 2.45) is 0 Å². The molecule has 0 radical (unpaired) electrons. The van der Waals surface area contributed by atoms with Crippen LogP contribution in [0.15, 0.2) is 18.2 Å². The highest BCUT2D eigenvalue weighted by Gasteiger charge is 2.19. The summed E-state index contributed by atoms with van der Waals surface area (Å²) in [5.74, 6) is -0.0391. The highest BCUT2D eigenvalue weighted by atomic mass is 19.1. The molecular formula is C15H23FN2O2. The molecule has 2 rings (SSSR count). The lowest BCUT2D eigenvalue weighted by atomic mass is 10.1. The Bertz CT molecular complexity index is 422. The van der Waals surface area contributed by atoms with Gasteiger partial charge in [0, 0.05) is 31.2 Å². The maximum absolute atomic E-state index is 14.2. The van der Waals surface area contributed by atoms with Crippen molar-refractivity contribution in [3.05, 3.63) is 29.6 Å². The summed E-state index contributed by atoms with van der Waals surface area (Å²) in [6.07, 6.45) is 2.33. The van der Waals surface area contributed by atoms with Crippen molar-refractivity contribution >= 4 is 0 Å². The zero-order valence-electron chi connectivity index (χ0n) is 11.9. The summed E-state index contributed by atoms with van der Waals surface area (Å²) < 4.78 is 19.2. The molecule has 5 heteroatoms. The number of hydrogen-bond acceptors (Lipinski definition) is 4. The van der Waals surface area contributed by atoms with Crippen molar-refractivity contribution < 1.29 is 14.2 Å². The SMILES string of the molecule is COc1cccc(CN(CCO)CC2CCCN2)c1F. The first-order chi connectivity index (χ1) is 9.74. The number of nitrogens with one attached hydrogen (secondary N) is 1. The van der Waals surface area contributed by atoms with Crippen molar-refractivity contribution in [2.75, 3.05) is 33.4 Å². The van der Waals surface area contributed by atoms with E-state index in [4.69, 9.17) is 4.74 Å². The molecule has 4 nitrogen and oxygen atoms in total. The molecule has 1 saturated heterocycles. The standard InChI is InChI=1S/C15H23FN2O2/c1-20-14-6-2-4-12(15(14)16)10-18(8-9-19)11-13-5-3-7-17-13/h2,4,6,13,17,19H,3,5,7-11H2,1H3. The molecule has 0 aliphatic carbocycles. The van der Waals surface area contributed by atoms with E-state index in [1.165, 1.54) is 13.5 Å². The minimum Gasteiger partial charge on any atom is -0.494 e. The van der Waals surface area contributed by atoms with Gasteiger partial charge in [0.1, 0.15) is 0 Å². The van der Waals surface area contributed by atoms with Crippen LogP contribution >= 0.6 is 0 Å². The van der Waals surface area contributed by atoms with Gasteiger partial charge in [0.15, 0.2) is 11.6 Å². The second-order valence-electron chi connectivity index (χ2n) is 5.19. The number of hydrogen-bond donors (Lipinski definition) is 2. The molecule has 112 valence electrons. The molecule has 2 N–H and O–H groups in total. The second-order valence-corrected chi connectivity index (χ2v) is 5.19. The van der Waals surface area contributed by atoms with Crippen LogP contribution < -0.4 is 10.1 Å². The maximum atomic E-state index is 14.2. The van der Waals surface area contributed by atoms with Crippen LogP contribution in [-0.4, -0.2) is 49.4 Å². The Hall–Kier alpha value is -1.17. The Morgan fingerprint density at radius 3 is 3.00 bits per heavy atom. The van der Waals surface area contributed by atoms with Crippen LogP contribution in [0.5, 0.6) is 5.75 Å². The largest absolute Gasteiger partial charge is 0.494 e. The summed E-state index contributed by atoms with van der Waals surface area (Å²) in [7, 11) is 1.47. The third kappa shape index (κ3) is 3.91. The Morgan fingerprint density at radius 2 is 2.35 bits per heavy atom. The van der Waals surface area contributed by atoms with Crippen molar-refractivity contribution in [1.29, 1.82) is 0 Å². The molecule has 0 aromatic heterocycles. The quantitative estimate of drug-likeness (QED) is 0.793. The molecule has 0 saturated carbocycles. The Labute approximate surface area is 119 Å². The van der Waals surface area contributed by atoms with Crippen LogP contribution in [0.25, 0.3) is 0 Å². The van der Waals surface area contributed by atoms with Crippen molar-refractivity contribution in [3.63, 3.8) is 0 Å². The zero-order chi connectivity index (χ0) is 14.4. The fourth-order valence-corrected chi connectivity index (χ4v) is 2.68. The van der Waals surface area contributed by atoms with Crippen LogP contribution in [0.3, 0.4) is 0 Å². The van der Waals surface area contributed by atoms with Gasteiger partial charge in [-0.3, -0.25) is 4.90 Å². The number of aliphatic hydroxyl groups excluding tert-OH is 1. The monoisotopic (exact) mass is 282 g/mol. The van der Waals surface area contributed by atoms with Gasteiger partial charge in [0.05, 0.1) is 13.7 Å². The molecule has 1 heterocycles. The van der Waals surface area contributed by atoms with Crippen molar-refractivity contribution in [1.82, 2.24) is 10.2 Å². The van der Waals surface area contributed by atoms with Crippen molar-refractivity contribution in [2.45, 2.75) is 25.4 Å². The average molecular weight is 282 g/mol. The molecule has 1 aliphatic heterocycles. The van der Waals surface area contributed by atoms with Gasteiger partial charge in [-0.1, -0.05) is 12.1 Å². The Balaban J connectivity index is 2.03. The normalized spacial score (nSPS) is 18.7. The zero-order valence-corrected chi connectivity index (χ0v) is 11.9. The molecule has 1 aliphatic rings. The maximum Gasteiger partial charge on any atom is 0.169 e. The van der Waals surface area contributed by atoms with Gasteiger partial charge in [0.25, 0.3) is 0 Å². The molecule has 1 aromatic carbocycles. The van der Waals surface area contributed by atoms with Crippen LogP contribution in [0, 0.1) is 5.82 Å². The average Bonchev–Trinajstić information content (AvgIpc) is 2.94. The van der Waals surface area contributed by atoms with Crippen LogP contribution in [0.4, 0.5) is 4.39 Å². The topological polar surface area (TPSA) is 44.7 Å². The van der Waals surface area contributed by atoms with Crippen LogP contribution in [-0.2, 0) is 6.54 Å². The molecule has 1 aromatic rings. The summed E-state index contributed by atoms with van der Waals surface area (Å²) in [5, 5.41) is 12.6. The molecule has 0 bridgehead atoms. The summed E-state index contributed by atoms with van der Waals surface area (Å²) in [4.78, 5) is 2.08. The first-order valence-electron chi connectivity index (χ1n) is 7.12. The number of rotatable bonds is 7. The second kappa shape index (κ2) is 7.57. The van der Waals surface area contributed by atoms with Crippen LogP contribution in [0.2, 0.25) is 0 Å². The minimum atomic E-state index is -0.308. The summed E-state index contributed by atoms with van der Waals surface area (Å²) >= 11 is 0. The van der Waals surface area contributed by atoms with Gasteiger partial charge >= 0.3 is 0 Å². The predicted octanol–water partition coefficient (Wildman–Crippen LogP) is 1.38. The number of nitrogens with zero attached hydrogens (tertiary/aromatic N) is 1. The van der Waals surface area contributed by atoms with E-state index in [0.717, 1.165) is 19.5 Å². The van der Waals surface area contributed by atoms with E-state index in [-0.39, 0.29) is 18.2 Å². The first-order valence-corrected chi connectivity index (χ1v) is 7.12. The van der Waals surface area contributed by atoms with E-state index in [1.54, 1.807) is 18.2 Å². The number of aliphatic hydroxyl groups is 1. The molecule has 0 amide bonds. The highest BCUT2D eigenvalue weighted by molar-refractivity contribution is 5.31. The molecule has 0 spiro atoms. The van der Waals surface area contributed by atoms with Gasteiger partial charge in [-0.15, -0.1) is 0 Å². The van der Waals surface area contributed by atoms with E-state index in [1.807, 2.05) is 0 Å². The van der Waals surface area contributed by atoms with E-state index in [0.29, 0.717) is 24.7 Å². The van der Waals surface area contributed by atoms with Crippen LogP contribution in [0.1, 0.15) is 18.4 Å². The van der Waals surface area contributed by atoms with Crippen molar-refractivity contribution in [3.8, 4) is 5.75 Å². The van der Waals surface area contributed by atoms with Gasteiger partial charge in [0.2, 0.25) is 0 Å². The molecule has 1 atom stereocenters. The molecule has 20 heavy (non-hydrogen) atoms. The molecule has 1 fully saturated rings. The molecular weight excluding hydrogens is 259 g/mol. The number of methoxy groups -OCH3 is 1. The van der Waals surface area contributed by atoms with E-state index in [2.05, 4.69) is 10.2 Å². The number of halogens is 1. The third-order valence-electron chi connectivity index (χ3n) is 3.71. The van der Waals surface area contributed by atoms with Gasteiger partial charge in [-0.25, -0.2) is 4.39 Å².